The second-order valence-corrected chi connectivity index (χ2v) is 7.47. The van der Waals surface area contributed by atoms with E-state index in [2.05, 4.69) is 22.4 Å². The molecule has 2 aromatic carbocycles. The number of aromatic nitrogens is 1. The van der Waals surface area contributed by atoms with Crippen molar-refractivity contribution in [1.29, 1.82) is 0 Å². The van der Waals surface area contributed by atoms with E-state index in [9.17, 15) is 4.79 Å². The molecular weight excluding hydrogens is 344 g/mol. The van der Waals surface area contributed by atoms with Crippen LogP contribution in [0.3, 0.4) is 0 Å². The molecule has 3 aromatic rings. The van der Waals surface area contributed by atoms with E-state index in [1.807, 2.05) is 49.4 Å². The third-order valence-electron chi connectivity index (χ3n) is 4.51. The van der Waals surface area contributed by atoms with Crippen LogP contribution < -0.4 is 10.1 Å². The number of amides is 1. The highest BCUT2D eigenvalue weighted by atomic mass is 32.1. The zero-order chi connectivity index (χ0) is 17.9. The molecule has 0 bridgehead atoms. The van der Waals surface area contributed by atoms with Gasteiger partial charge in [-0.2, -0.15) is 0 Å². The van der Waals surface area contributed by atoms with E-state index in [1.54, 1.807) is 0 Å². The standard InChI is InChI=1S/C21H20N2O2S/c1-14-20(26-19(22-14)13-15-7-3-2-4-8-15)21(24)23-17-11-12-25-18-10-6-5-9-16(17)18/h2-10,17H,11-13H2,1H3,(H,23,24). The summed E-state index contributed by atoms with van der Waals surface area (Å²) < 4.78 is 5.67. The van der Waals surface area contributed by atoms with Crippen molar-refractivity contribution in [3.8, 4) is 5.75 Å². The van der Waals surface area contributed by atoms with Crippen LogP contribution in [-0.2, 0) is 6.42 Å². The molecule has 1 N–H and O–H groups in total. The van der Waals surface area contributed by atoms with Gasteiger partial charge in [-0.15, -0.1) is 11.3 Å². The van der Waals surface area contributed by atoms with Gasteiger partial charge in [0.05, 0.1) is 23.4 Å². The van der Waals surface area contributed by atoms with Gasteiger partial charge < -0.3 is 10.1 Å². The van der Waals surface area contributed by atoms with Gasteiger partial charge in [0.25, 0.3) is 5.91 Å². The van der Waals surface area contributed by atoms with Crippen molar-refractivity contribution in [2.24, 2.45) is 0 Å². The van der Waals surface area contributed by atoms with E-state index < -0.39 is 0 Å². The molecule has 26 heavy (non-hydrogen) atoms. The molecule has 0 radical (unpaired) electrons. The van der Waals surface area contributed by atoms with Gasteiger partial charge in [-0.25, -0.2) is 4.98 Å². The van der Waals surface area contributed by atoms with Crippen molar-refractivity contribution in [3.05, 3.63) is 81.3 Å². The number of aryl methyl sites for hydroxylation is 1. The summed E-state index contributed by atoms with van der Waals surface area (Å²) in [5.74, 6) is 0.802. The molecule has 0 aliphatic carbocycles. The average Bonchev–Trinajstić information content (AvgIpc) is 3.03. The number of nitrogens with one attached hydrogen (secondary N) is 1. The lowest BCUT2D eigenvalue weighted by atomic mass is 10.0. The Hall–Kier alpha value is -2.66. The Morgan fingerprint density at radius 1 is 1.19 bits per heavy atom. The van der Waals surface area contributed by atoms with Gasteiger partial charge in [0.1, 0.15) is 10.6 Å². The quantitative estimate of drug-likeness (QED) is 0.751. The number of hydrogen-bond donors (Lipinski definition) is 1. The topological polar surface area (TPSA) is 51.2 Å². The van der Waals surface area contributed by atoms with Crippen molar-refractivity contribution >= 4 is 17.2 Å². The molecule has 132 valence electrons. The molecule has 1 atom stereocenters. The fourth-order valence-electron chi connectivity index (χ4n) is 3.22. The molecule has 2 heterocycles. The van der Waals surface area contributed by atoms with Crippen molar-refractivity contribution in [3.63, 3.8) is 0 Å². The van der Waals surface area contributed by atoms with Gasteiger partial charge in [-0.3, -0.25) is 4.79 Å². The van der Waals surface area contributed by atoms with Gasteiger partial charge in [0.15, 0.2) is 0 Å². The lowest BCUT2D eigenvalue weighted by molar-refractivity contribution is 0.0928. The molecule has 5 heteroatoms. The zero-order valence-electron chi connectivity index (χ0n) is 14.6. The van der Waals surface area contributed by atoms with Crippen LogP contribution in [0.2, 0.25) is 0 Å². The van der Waals surface area contributed by atoms with Crippen LogP contribution in [0.1, 0.15) is 44.0 Å². The first-order valence-electron chi connectivity index (χ1n) is 8.73. The first-order chi connectivity index (χ1) is 12.7. The SMILES string of the molecule is Cc1nc(Cc2ccccc2)sc1C(=O)NC1CCOc2ccccc21. The zero-order valence-corrected chi connectivity index (χ0v) is 15.4. The maximum absolute atomic E-state index is 12.8. The Labute approximate surface area is 156 Å². The van der Waals surface area contributed by atoms with Gasteiger partial charge in [-0.05, 0) is 18.6 Å². The summed E-state index contributed by atoms with van der Waals surface area (Å²) in [7, 11) is 0. The molecule has 1 unspecified atom stereocenters. The van der Waals surface area contributed by atoms with Crippen LogP contribution in [0.5, 0.6) is 5.75 Å². The molecule has 0 spiro atoms. The summed E-state index contributed by atoms with van der Waals surface area (Å²) in [6.07, 6.45) is 1.53. The number of fused-ring (bicyclic) bond motifs is 1. The van der Waals surface area contributed by atoms with E-state index >= 15 is 0 Å². The maximum atomic E-state index is 12.8. The first-order valence-corrected chi connectivity index (χ1v) is 9.55. The number of rotatable bonds is 4. The normalized spacial score (nSPS) is 15.8. The van der Waals surface area contributed by atoms with Gasteiger partial charge >= 0.3 is 0 Å². The minimum atomic E-state index is -0.0546. The van der Waals surface area contributed by atoms with E-state index in [1.165, 1.54) is 16.9 Å². The van der Waals surface area contributed by atoms with Crippen LogP contribution in [-0.4, -0.2) is 17.5 Å². The second kappa shape index (κ2) is 7.30. The minimum absolute atomic E-state index is 0.0217. The van der Waals surface area contributed by atoms with Crippen molar-refractivity contribution in [1.82, 2.24) is 10.3 Å². The Bertz CT molecular complexity index is 921. The number of carbonyl (C=O) groups excluding carboxylic acids is 1. The van der Waals surface area contributed by atoms with Crippen LogP contribution in [0.25, 0.3) is 0 Å². The second-order valence-electron chi connectivity index (χ2n) is 6.39. The lowest BCUT2D eigenvalue weighted by Crippen LogP contribution is -2.32. The fraction of sp³-hybridized carbons (Fsp3) is 0.238. The largest absolute Gasteiger partial charge is 0.493 e. The van der Waals surface area contributed by atoms with Gasteiger partial charge in [0, 0.05) is 18.4 Å². The molecule has 1 aliphatic rings. The summed E-state index contributed by atoms with van der Waals surface area (Å²) in [6, 6.07) is 18.1. The maximum Gasteiger partial charge on any atom is 0.263 e. The summed E-state index contributed by atoms with van der Waals surface area (Å²) in [5.41, 5.74) is 3.03. The molecule has 0 saturated carbocycles. The van der Waals surface area contributed by atoms with E-state index in [-0.39, 0.29) is 11.9 Å². The Morgan fingerprint density at radius 3 is 2.81 bits per heavy atom. The predicted molar refractivity (Wildman–Crippen MR) is 103 cm³/mol. The molecule has 1 amide bonds. The molecule has 1 aliphatic heterocycles. The number of carbonyl (C=O) groups is 1. The number of hydrogen-bond acceptors (Lipinski definition) is 4. The molecular formula is C21H20N2O2S. The highest BCUT2D eigenvalue weighted by molar-refractivity contribution is 7.13. The van der Waals surface area contributed by atoms with Gasteiger partial charge in [0.2, 0.25) is 0 Å². The van der Waals surface area contributed by atoms with Crippen LogP contribution >= 0.6 is 11.3 Å². The number of para-hydroxylation sites is 1. The molecule has 4 rings (SSSR count). The molecule has 0 fully saturated rings. The summed E-state index contributed by atoms with van der Waals surface area (Å²) in [6.45, 7) is 2.51. The number of ether oxygens (including phenoxy) is 1. The van der Waals surface area contributed by atoms with Crippen LogP contribution in [0.15, 0.2) is 54.6 Å². The Balaban J connectivity index is 1.51. The van der Waals surface area contributed by atoms with Crippen molar-refractivity contribution in [2.75, 3.05) is 6.61 Å². The molecule has 1 aromatic heterocycles. The predicted octanol–water partition coefficient (Wildman–Crippen LogP) is 4.30. The van der Waals surface area contributed by atoms with E-state index in [0.29, 0.717) is 11.5 Å². The first kappa shape index (κ1) is 16.8. The highest BCUT2D eigenvalue weighted by Gasteiger charge is 2.25. The number of nitrogens with zero attached hydrogens (tertiary/aromatic N) is 1. The lowest BCUT2D eigenvalue weighted by Gasteiger charge is -2.26. The summed E-state index contributed by atoms with van der Waals surface area (Å²) in [5, 5.41) is 4.12. The number of benzene rings is 2. The number of thiazole rings is 1. The van der Waals surface area contributed by atoms with E-state index in [4.69, 9.17) is 4.74 Å². The highest BCUT2D eigenvalue weighted by Crippen LogP contribution is 2.32. The molecule has 4 nitrogen and oxygen atoms in total. The fourth-order valence-corrected chi connectivity index (χ4v) is 4.23. The van der Waals surface area contributed by atoms with Crippen molar-refractivity contribution < 1.29 is 9.53 Å². The smallest absolute Gasteiger partial charge is 0.263 e. The Kier molecular flexibility index (Phi) is 4.71. The minimum Gasteiger partial charge on any atom is -0.493 e. The van der Waals surface area contributed by atoms with E-state index in [0.717, 1.165) is 34.9 Å². The Morgan fingerprint density at radius 2 is 1.96 bits per heavy atom. The van der Waals surface area contributed by atoms with Crippen LogP contribution in [0.4, 0.5) is 0 Å². The van der Waals surface area contributed by atoms with Gasteiger partial charge in [-0.1, -0.05) is 48.5 Å². The molecule has 0 saturated heterocycles. The monoisotopic (exact) mass is 364 g/mol. The summed E-state index contributed by atoms with van der Waals surface area (Å²) >= 11 is 1.48. The third kappa shape index (κ3) is 3.48. The van der Waals surface area contributed by atoms with Crippen molar-refractivity contribution in [2.45, 2.75) is 25.8 Å². The average molecular weight is 364 g/mol. The third-order valence-corrected chi connectivity index (χ3v) is 5.67. The summed E-state index contributed by atoms with van der Waals surface area (Å²) in [4.78, 5) is 18.1. The van der Waals surface area contributed by atoms with Crippen LogP contribution in [0, 0.1) is 6.92 Å².